The topological polar surface area (TPSA) is 73.9 Å². The third-order valence-corrected chi connectivity index (χ3v) is 5.63. The molecule has 2 aromatic rings. The second-order valence-corrected chi connectivity index (χ2v) is 9.26. The van der Waals surface area contributed by atoms with Crippen molar-refractivity contribution < 1.29 is 13.6 Å². The molecule has 1 aliphatic carbocycles. The molecule has 2 aliphatic rings. The van der Waals surface area contributed by atoms with E-state index in [1.165, 1.54) is 4.90 Å². The van der Waals surface area contributed by atoms with Gasteiger partial charge in [-0.1, -0.05) is 27.4 Å². The first kappa shape index (κ1) is 19.8. The van der Waals surface area contributed by atoms with Gasteiger partial charge in [0.05, 0.1) is 18.4 Å². The number of fused-ring (bicyclic) bond motifs is 1. The van der Waals surface area contributed by atoms with Crippen molar-refractivity contribution in [3.05, 3.63) is 30.2 Å². The number of halogens is 2. The lowest BCUT2D eigenvalue weighted by molar-refractivity contribution is -0.136. The predicted octanol–water partition coefficient (Wildman–Crippen LogP) is 3.68. The highest BCUT2D eigenvalue weighted by Gasteiger charge is 2.44. The first-order valence-electron chi connectivity index (χ1n) is 10.0. The standard InChI is InChI=1S/C21H27F2N5O/c1-12(14-9-24-18-16(14)27-15(10-25-18)13-5-6-13)26-17(20(2,3)4)19(29)28-8-7-21(22,23)11-28/h9-10,13,17,26H,1,5-8,11H2,2-4H3,(H,24,25)/t17-/m0/s1. The molecule has 2 fully saturated rings. The third-order valence-electron chi connectivity index (χ3n) is 5.63. The van der Waals surface area contributed by atoms with E-state index in [4.69, 9.17) is 4.98 Å². The van der Waals surface area contributed by atoms with E-state index in [2.05, 4.69) is 21.9 Å². The molecule has 2 aromatic heterocycles. The van der Waals surface area contributed by atoms with Crippen LogP contribution in [0.15, 0.2) is 19.0 Å². The fourth-order valence-electron chi connectivity index (χ4n) is 3.72. The molecule has 8 heteroatoms. The highest BCUT2D eigenvalue weighted by atomic mass is 19.3. The van der Waals surface area contributed by atoms with Crippen LogP contribution in [0.3, 0.4) is 0 Å². The molecule has 1 amide bonds. The molecule has 0 bridgehead atoms. The Balaban J connectivity index is 1.58. The van der Waals surface area contributed by atoms with Gasteiger partial charge >= 0.3 is 0 Å². The SMILES string of the molecule is C=C(N[C@@H](C(=O)N1CCC(F)(F)C1)C(C)(C)C)c1c[nH]c2ncc(C3CC3)nc12. The van der Waals surface area contributed by atoms with Crippen LogP contribution >= 0.6 is 0 Å². The Hall–Kier alpha value is -2.51. The molecular formula is C21H27F2N5O. The zero-order valence-electron chi connectivity index (χ0n) is 17.1. The Labute approximate surface area is 168 Å². The maximum Gasteiger partial charge on any atom is 0.267 e. The van der Waals surface area contributed by atoms with Crippen molar-refractivity contribution in [2.75, 3.05) is 13.1 Å². The molecule has 29 heavy (non-hydrogen) atoms. The Morgan fingerprint density at radius 2 is 2.14 bits per heavy atom. The molecule has 1 saturated carbocycles. The molecule has 2 N–H and O–H groups in total. The van der Waals surface area contributed by atoms with Crippen LogP contribution in [-0.4, -0.2) is 50.8 Å². The molecular weight excluding hydrogens is 376 g/mol. The van der Waals surface area contributed by atoms with Crippen molar-refractivity contribution in [3.8, 4) is 0 Å². The van der Waals surface area contributed by atoms with Gasteiger partial charge in [0.15, 0.2) is 5.65 Å². The van der Waals surface area contributed by atoms with E-state index in [0.717, 1.165) is 24.1 Å². The maximum atomic E-state index is 13.6. The molecule has 6 nitrogen and oxygen atoms in total. The van der Waals surface area contributed by atoms with Gasteiger partial charge in [-0.15, -0.1) is 0 Å². The quantitative estimate of drug-likeness (QED) is 0.799. The first-order chi connectivity index (χ1) is 13.5. The van der Waals surface area contributed by atoms with Crippen LogP contribution in [-0.2, 0) is 4.79 Å². The summed E-state index contributed by atoms with van der Waals surface area (Å²) in [5.41, 5.74) is 3.11. The van der Waals surface area contributed by atoms with E-state index < -0.39 is 23.9 Å². The number of nitrogens with zero attached hydrogens (tertiary/aromatic N) is 3. The van der Waals surface area contributed by atoms with Gasteiger partial charge in [-0.2, -0.15) is 0 Å². The Bertz CT molecular complexity index is 958. The summed E-state index contributed by atoms with van der Waals surface area (Å²) in [4.78, 5) is 26.6. The van der Waals surface area contributed by atoms with Crippen molar-refractivity contribution >= 4 is 22.8 Å². The minimum Gasteiger partial charge on any atom is -0.373 e. The molecule has 0 aromatic carbocycles. The summed E-state index contributed by atoms with van der Waals surface area (Å²) in [7, 11) is 0. The van der Waals surface area contributed by atoms with Gasteiger partial charge in [0.25, 0.3) is 5.92 Å². The van der Waals surface area contributed by atoms with Crippen molar-refractivity contribution in [1.29, 1.82) is 0 Å². The number of aromatic amines is 1. The normalized spacial score (nSPS) is 20.1. The van der Waals surface area contributed by atoms with Gasteiger partial charge in [-0.3, -0.25) is 4.79 Å². The maximum absolute atomic E-state index is 13.6. The summed E-state index contributed by atoms with van der Waals surface area (Å²) in [5, 5.41) is 3.20. The number of alkyl halides is 2. The van der Waals surface area contributed by atoms with E-state index in [1.54, 1.807) is 12.4 Å². The summed E-state index contributed by atoms with van der Waals surface area (Å²) in [5.74, 6) is -2.68. The number of aromatic nitrogens is 3. The molecule has 156 valence electrons. The number of hydrogen-bond donors (Lipinski definition) is 2. The van der Waals surface area contributed by atoms with E-state index in [9.17, 15) is 13.6 Å². The van der Waals surface area contributed by atoms with Crippen LogP contribution in [0.2, 0.25) is 0 Å². The second kappa shape index (κ2) is 6.78. The van der Waals surface area contributed by atoms with Crippen LogP contribution in [0.4, 0.5) is 8.78 Å². The van der Waals surface area contributed by atoms with Crippen molar-refractivity contribution in [2.45, 2.75) is 57.9 Å². The van der Waals surface area contributed by atoms with Crippen molar-refractivity contribution in [3.63, 3.8) is 0 Å². The molecule has 1 atom stereocenters. The summed E-state index contributed by atoms with van der Waals surface area (Å²) < 4.78 is 27.3. The van der Waals surface area contributed by atoms with Crippen LogP contribution in [0.1, 0.15) is 57.2 Å². The third kappa shape index (κ3) is 3.97. The highest BCUT2D eigenvalue weighted by Crippen LogP contribution is 2.39. The fraction of sp³-hybridized carbons (Fsp3) is 0.571. The van der Waals surface area contributed by atoms with Gasteiger partial charge in [-0.05, 0) is 18.3 Å². The lowest BCUT2D eigenvalue weighted by atomic mass is 9.85. The monoisotopic (exact) mass is 403 g/mol. The lowest BCUT2D eigenvalue weighted by Crippen LogP contribution is -2.52. The first-order valence-corrected chi connectivity index (χ1v) is 10.0. The summed E-state index contributed by atoms with van der Waals surface area (Å²) in [6.07, 6.45) is 5.52. The van der Waals surface area contributed by atoms with E-state index >= 15 is 0 Å². The van der Waals surface area contributed by atoms with Gasteiger partial charge in [-0.25, -0.2) is 18.7 Å². The minimum atomic E-state index is -2.82. The predicted molar refractivity (Wildman–Crippen MR) is 107 cm³/mol. The fourth-order valence-corrected chi connectivity index (χ4v) is 3.72. The van der Waals surface area contributed by atoms with E-state index in [0.29, 0.717) is 22.8 Å². The van der Waals surface area contributed by atoms with E-state index in [-0.39, 0.29) is 18.9 Å². The minimum absolute atomic E-state index is 0.0654. The summed E-state index contributed by atoms with van der Waals surface area (Å²) in [6, 6.07) is -0.687. The average Bonchev–Trinajstić information content (AvgIpc) is 3.30. The number of carbonyl (C=O) groups is 1. The number of H-pyrrole nitrogens is 1. The molecule has 1 aliphatic heterocycles. The largest absolute Gasteiger partial charge is 0.373 e. The number of carbonyl (C=O) groups excluding carboxylic acids is 1. The lowest BCUT2D eigenvalue weighted by Gasteiger charge is -2.34. The number of amides is 1. The number of rotatable bonds is 5. The zero-order valence-corrected chi connectivity index (χ0v) is 17.1. The smallest absolute Gasteiger partial charge is 0.267 e. The molecule has 4 rings (SSSR count). The van der Waals surface area contributed by atoms with Crippen molar-refractivity contribution in [2.24, 2.45) is 5.41 Å². The summed E-state index contributed by atoms with van der Waals surface area (Å²) >= 11 is 0. The van der Waals surface area contributed by atoms with Crippen LogP contribution in [0, 0.1) is 5.41 Å². The molecule has 3 heterocycles. The average molecular weight is 403 g/mol. The zero-order chi connectivity index (χ0) is 21.0. The molecule has 0 unspecified atom stereocenters. The number of likely N-dealkylation sites (tertiary alicyclic amines) is 1. The van der Waals surface area contributed by atoms with Crippen LogP contribution < -0.4 is 5.32 Å². The Morgan fingerprint density at radius 3 is 2.72 bits per heavy atom. The highest BCUT2D eigenvalue weighted by molar-refractivity contribution is 5.89. The van der Waals surface area contributed by atoms with Gasteiger partial charge in [0.2, 0.25) is 5.91 Å². The van der Waals surface area contributed by atoms with Crippen LogP contribution in [0.5, 0.6) is 0 Å². The Morgan fingerprint density at radius 1 is 1.41 bits per heavy atom. The van der Waals surface area contributed by atoms with Crippen molar-refractivity contribution in [1.82, 2.24) is 25.2 Å². The second-order valence-electron chi connectivity index (χ2n) is 9.26. The van der Waals surface area contributed by atoms with Gasteiger partial charge in [0.1, 0.15) is 11.6 Å². The van der Waals surface area contributed by atoms with Gasteiger partial charge < -0.3 is 15.2 Å². The molecule has 0 radical (unpaired) electrons. The number of hydrogen-bond acceptors (Lipinski definition) is 4. The van der Waals surface area contributed by atoms with E-state index in [1.807, 2.05) is 20.8 Å². The summed E-state index contributed by atoms with van der Waals surface area (Å²) in [6.45, 7) is 9.37. The van der Waals surface area contributed by atoms with Gasteiger partial charge in [0, 0.05) is 36.3 Å². The Kier molecular flexibility index (Phi) is 4.63. The number of nitrogens with one attached hydrogen (secondary N) is 2. The molecule has 1 saturated heterocycles. The molecule has 0 spiro atoms. The van der Waals surface area contributed by atoms with Crippen LogP contribution in [0.25, 0.3) is 16.9 Å².